The van der Waals surface area contributed by atoms with E-state index in [0.29, 0.717) is 0 Å². The molecule has 1 aliphatic rings. The fraction of sp³-hybridized carbons (Fsp3) is 0.333. The average Bonchev–Trinajstić information content (AvgIpc) is 2.94. The molecule has 4 rings (SSSR count). The normalized spacial score (nSPS) is 15.9. The fourth-order valence-electron chi connectivity index (χ4n) is 3.96. The lowest BCUT2D eigenvalue weighted by atomic mass is 10.0. The molecule has 0 atom stereocenters. The van der Waals surface area contributed by atoms with Crippen LogP contribution in [0.25, 0.3) is 11.1 Å². The van der Waals surface area contributed by atoms with E-state index >= 15 is 0 Å². The summed E-state index contributed by atoms with van der Waals surface area (Å²) in [4.78, 5) is 14.2. The minimum Gasteiger partial charge on any atom is -0.298 e. The van der Waals surface area contributed by atoms with Crippen LogP contribution >= 0.6 is 15.9 Å². The van der Waals surface area contributed by atoms with Crippen LogP contribution in [0.1, 0.15) is 23.4 Å². The number of rotatable bonds is 5. The van der Waals surface area contributed by atoms with Crippen molar-refractivity contribution in [1.82, 2.24) is 19.8 Å². The van der Waals surface area contributed by atoms with Crippen molar-refractivity contribution in [3.8, 4) is 11.1 Å². The van der Waals surface area contributed by atoms with Crippen LogP contribution in [0.4, 0.5) is 0 Å². The highest BCUT2D eigenvalue weighted by molar-refractivity contribution is 9.10. The first-order valence-corrected chi connectivity index (χ1v) is 11.0. The number of nitrogens with zero attached hydrogens (tertiary/aromatic N) is 4. The van der Waals surface area contributed by atoms with Gasteiger partial charge >= 0.3 is 0 Å². The molecule has 0 radical (unpaired) electrons. The van der Waals surface area contributed by atoms with Gasteiger partial charge in [-0.15, -0.1) is 0 Å². The largest absolute Gasteiger partial charge is 0.298 e. The molecule has 0 unspecified atom stereocenters. The molecule has 29 heavy (non-hydrogen) atoms. The predicted octanol–water partition coefficient (Wildman–Crippen LogP) is 4.92. The highest BCUT2D eigenvalue weighted by Crippen LogP contribution is 2.26. The summed E-state index contributed by atoms with van der Waals surface area (Å²) < 4.78 is 1.10. The van der Waals surface area contributed by atoms with Gasteiger partial charge in [0, 0.05) is 48.7 Å². The average molecular weight is 451 g/mol. The topological polar surface area (TPSA) is 32.3 Å². The van der Waals surface area contributed by atoms with Gasteiger partial charge in [0.2, 0.25) is 0 Å². The molecule has 150 valence electrons. The molecule has 0 aliphatic carbocycles. The van der Waals surface area contributed by atoms with Gasteiger partial charge in [-0.1, -0.05) is 34.1 Å². The van der Waals surface area contributed by atoms with Crippen LogP contribution in [0.2, 0.25) is 0 Å². The predicted molar refractivity (Wildman–Crippen MR) is 122 cm³/mol. The number of hydrogen-bond acceptors (Lipinski definition) is 4. The van der Waals surface area contributed by atoms with Crippen LogP contribution in [-0.2, 0) is 13.1 Å². The summed E-state index contributed by atoms with van der Waals surface area (Å²) in [5.41, 5.74) is 6.08. The van der Waals surface area contributed by atoms with Gasteiger partial charge in [-0.25, -0.2) is 0 Å². The standard InChI is InChI=1S/C24H27BrN4/c1-19-4-2-5-23(27-19)18-29-13-3-12-28(14-15-29)17-21-16-26-11-10-24(21)20-6-8-22(25)9-7-20/h2,4-11,16H,3,12-15,17-18H2,1H3. The number of benzene rings is 1. The SMILES string of the molecule is Cc1cccc(CN2CCCN(Cc3cnccc3-c3ccc(Br)cc3)CC2)n1. The van der Waals surface area contributed by atoms with E-state index in [1.165, 1.54) is 28.8 Å². The molecule has 0 saturated carbocycles. The van der Waals surface area contributed by atoms with E-state index in [9.17, 15) is 0 Å². The zero-order valence-corrected chi connectivity index (χ0v) is 18.5. The van der Waals surface area contributed by atoms with E-state index in [0.717, 1.165) is 49.4 Å². The third kappa shape index (κ3) is 5.50. The first kappa shape index (κ1) is 20.2. The maximum atomic E-state index is 4.67. The lowest BCUT2D eigenvalue weighted by molar-refractivity contribution is 0.245. The van der Waals surface area contributed by atoms with Crippen LogP contribution in [0, 0.1) is 6.92 Å². The summed E-state index contributed by atoms with van der Waals surface area (Å²) in [7, 11) is 0. The van der Waals surface area contributed by atoms with Gasteiger partial charge in [0.15, 0.2) is 0 Å². The number of aryl methyl sites for hydroxylation is 1. The molecule has 2 aromatic heterocycles. The Morgan fingerprint density at radius 3 is 2.41 bits per heavy atom. The molecule has 3 heterocycles. The van der Waals surface area contributed by atoms with Gasteiger partial charge in [0.25, 0.3) is 0 Å². The van der Waals surface area contributed by atoms with Crippen molar-refractivity contribution in [3.05, 3.63) is 82.3 Å². The molecule has 1 aromatic carbocycles. The third-order valence-corrected chi connectivity index (χ3v) is 5.99. The highest BCUT2D eigenvalue weighted by Gasteiger charge is 2.17. The van der Waals surface area contributed by atoms with Crippen molar-refractivity contribution < 1.29 is 0 Å². The second kappa shape index (κ2) is 9.61. The summed E-state index contributed by atoms with van der Waals surface area (Å²) in [6.07, 6.45) is 5.09. The summed E-state index contributed by atoms with van der Waals surface area (Å²) >= 11 is 3.53. The van der Waals surface area contributed by atoms with E-state index in [-0.39, 0.29) is 0 Å². The van der Waals surface area contributed by atoms with Crippen molar-refractivity contribution >= 4 is 15.9 Å². The van der Waals surface area contributed by atoms with Crippen LogP contribution in [0.3, 0.4) is 0 Å². The Kier molecular flexibility index (Phi) is 6.70. The van der Waals surface area contributed by atoms with E-state index in [1.807, 2.05) is 12.4 Å². The summed E-state index contributed by atoms with van der Waals surface area (Å²) in [5.74, 6) is 0. The molecule has 5 heteroatoms. The molecule has 3 aromatic rings. The van der Waals surface area contributed by atoms with Crippen molar-refractivity contribution in [2.45, 2.75) is 26.4 Å². The molecule has 0 bridgehead atoms. The van der Waals surface area contributed by atoms with Crippen LogP contribution in [-0.4, -0.2) is 45.9 Å². The lowest BCUT2D eigenvalue weighted by Crippen LogP contribution is -2.30. The molecule has 1 aliphatic heterocycles. The van der Waals surface area contributed by atoms with Crippen LogP contribution in [0.15, 0.2) is 65.4 Å². The molecular formula is C24H27BrN4. The maximum Gasteiger partial charge on any atom is 0.0547 e. The zero-order valence-electron chi connectivity index (χ0n) is 16.9. The van der Waals surface area contributed by atoms with Gasteiger partial charge in [-0.2, -0.15) is 0 Å². The number of pyridine rings is 2. The molecule has 1 saturated heterocycles. The minimum absolute atomic E-state index is 0.937. The van der Waals surface area contributed by atoms with Crippen molar-refractivity contribution in [2.75, 3.05) is 26.2 Å². The Bertz CT molecular complexity index is 942. The number of halogens is 1. The van der Waals surface area contributed by atoms with Crippen LogP contribution < -0.4 is 0 Å². The van der Waals surface area contributed by atoms with E-state index in [2.05, 4.69) is 91.2 Å². The number of hydrogen-bond donors (Lipinski definition) is 0. The Labute approximate surface area is 181 Å². The molecule has 1 fully saturated rings. The molecular weight excluding hydrogens is 424 g/mol. The van der Waals surface area contributed by atoms with Crippen molar-refractivity contribution in [3.63, 3.8) is 0 Å². The van der Waals surface area contributed by atoms with Gasteiger partial charge in [0.1, 0.15) is 0 Å². The highest BCUT2D eigenvalue weighted by atomic mass is 79.9. The first-order chi connectivity index (χ1) is 14.2. The van der Waals surface area contributed by atoms with Gasteiger partial charge in [-0.3, -0.25) is 19.8 Å². The first-order valence-electron chi connectivity index (χ1n) is 10.2. The minimum atomic E-state index is 0.937. The van der Waals surface area contributed by atoms with Gasteiger partial charge < -0.3 is 0 Å². The molecule has 0 spiro atoms. The fourth-order valence-corrected chi connectivity index (χ4v) is 4.23. The van der Waals surface area contributed by atoms with Crippen LogP contribution in [0.5, 0.6) is 0 Å². The Morgan fingerprint density at radius 2 is 1.66 bits per heavy atom. The van der Waals surface area contributed by atoms with Crippen molar-refractivity contribution in [2.24, 2.45) is 0 Å². The third-order valence-electron chi connectivity index (χ3n) is 5.47. The molecule has 4 nitrogen and oxygen atoms in total. The summed E-state index contributed by atoms with van der Waals surface area (Å²) in [6, 6.07) is 17.0. The monoisotopic (exact) mass is 450 g/mol. The van der Waals surface area contributed by atoms with E-state index in [1.54, 1.807) is 0 Å². The quantitative estimate of drug-likeness (QED) is 0.551. The molecule has 0 amide bonds. The maximum absolute atomic E-state index is 4.67. The second-order valence-corrected chi connectivity index (χ2v) is 8.63. The Morgan fingerprint density at radius 1 is 0.897 bits per heavy atom. The van der Waals surface area contributed by atoms with Crippen molar-refractivity contribution in [1.29, 1.82) is 0 Å². The lowest BCUT2D eigenvalue weighted by Gasteiger charge is -2.22. The number of aromatic nitrogens is 2. The smallest absolute Gasteiger partial charge is 0.0547 e. The Balaban J connectivity index is 1.41. The van der Waals surface area contributed by atoms with E-state index < -0.39 is 0 Å². The van der Waals surface area contributed by atoms with E-state index in [4.69, 9.17) is 0 Å². The second-order valence-electron chi connectivity index (χ2n) is 7.72. The van der Waals surface area contributed by atoms with Gasteiger partial charge in [0.05, 0.1) is 5.69 Å². The summed E-state index contributed by atoms with van der Waals surface area (Å²) in [5, 5.41) is 0. The molecule has 0 N–H and O–H groups in total. The Hall–Kier alpha value is -2.08. The zero-order chi connectivity index (χ0) is 20.1. The summed E-state index contributed by atoms with van der Waals surface area (Å²) in [6.45, 7) is 8.32. The van der Waals surface area contributed by atoms with Gasteiger partial charge in [-0.05, 0) is 73.5 Å².